The second kappa shape index (κ2) is 10.6. The third-order valence-electron chi connectivity index (χ3n) is 3.77. The molecule has 0 unspecified atom stereocenters. The fourth-order valence-corrected chi connectivity index (χ4v) is 4.97. The molecule has 0 spiro atoms. The van der Waals surface area contributed by atoms with Crippen LogP contribution in [0.3, 0.4) is 0 Å². The molecule has 154 valence electrons. The highest BCUT2D eigenvalue weighted by molar-refractivity contribution is 14.1. The monoisotopic (exact) mass is 668 g/mol. The lowest BCUT2D eigenvalue weighted by molar-refractivity contribution is -0.384. The summed E-state index contributed by atoms with van der Waals surface area (Å²) in [6, 6.07) is 11.9. The van der Waals surface area contributed by atoms with Gasteiger partial charge in [0.05, 0.1) is 18.3 Å². The van der Waals surface area contributed by atoms with E-state index in [9.17, 15) is 10.1 Å². The Morgan fingerprint density at radius 1 is 1.20 bits per heavy atom. The smallest absolute Gasteiger partial charge is 0.313 e. The van der Waals surface area contributed by atoms with Gasteiger partial charge in [-0.05, 0) is 81.1 Å². The van der Waals surface area contributed by atoms with Crippen LogP contribution >= 0.6 is 68.4 Å². The summed E-state index contributed by atoms with van der Waals surface area (Å²) in [5.41, 5.74) is 4.09. The Labute approximate surface area is 209 Å². The summed E-state index contributed by atoms with van der Waals surface area (Å²) in [6.45, 7) is 0.306. The van der Waals surface area contributed by atoms with E-state index in [0.717, 1.165) is 24.0 Å². The highest BCUT2D eigenvalue weighted by atomic mass is 127. The molecule has 0 aliphatic rings. The van der Waals surface area contributed by atoms with E-state index < -0.39 is 4.92 Å². The molecule has 1 aromatic heterocycles. The fourth-order valence-electron chi connectivity index (χ4n) is 2.38. The molecule has 0 atom stereocenters. The number of ether oxygens (including phenoxy) is 1. The number of hydrogen-bond acceptors (Lipinski definition) is 6. The molecule has 0 radical (unpaired) electrons. The van der Waals surface area contributed by atoms with Gasteiger partial charge in [0.2, 0.25) is 5.82 Å². The zero-order chi connectivity index (χ0) is 21.7. The third kappa shape index (κ3) is 5.93. The van der Waals surface area contributed by atoms with E-state index in [1.54, 1.807) is 18.3 Å². The number of halogens is 4. The van der Waals surface area contributed by atoms with Gasteiger partial charge in [-0.25, -0.2) is 4.98 Å². The van der Waals surface area contributed by atoms with Gasteiger partial charge in [-0.15, -0.1) is 0 Å². The SMILES string of the molecule is O=[N+]([O-])c1cccnc1N/N=C\c1cc(I)c(OCc2ccc(Cl)cc2Cl)c(I)c1. The molecule has 0 aliphatic carbocycles. The number of benzene rings is 2. The van der Waals surface area contributed by atoms with Crippen molar-refractivity contribution in [3.63, 3.8) is 0 Å². The summed E-state index contributed by atoms with van der Waals surface area (Å²) >= 11 is 16.5. The highest BCUT2D eigenvalue weighted by Crippen LogP contribution is 2.30. The Bertz CT molecular complexity index is 1110. The van der Waals surface area contributed by atoms with Gasteiger partial charge in [0.15, 0.2) is 0 Å². The molecule has 11 heteroatoms. The average Bonchev–Trinajstić information content (AvgIpc) is 2.69. The molecule has 0 saturated carbocycles. The molecule has 1 heterocycles. The lowest BCUT2D eigenvalue weighted by Crippen LogP contribution is -2.01. The number of hydrazone groups is 1. The van der Waals surface area contributed by atoms with Crippen LogP contribution in [0, 0.1) is 17.3 Å². The van der Waals surface area contributed by atoms with Gasteiger partial charge in [0.1, 0.15) is 12.4 Å². The van der Waals surface area contributed by atoms with Crippen molar-refractivity contribution in [2.45, 2.75) is 6.61 Å². The summed E-state index contributed by atoms with van der Waals surface area (Å²) in [4.78, 5) is 14.4. The first-order chi connectivity index (χ1) is 14.3. The quantitative estimate of drug-likeness (QED) is 0.134. The van der Waals surface area contributed by atoms with Crippen LogP contribution in [0.2, 0.25) is 10.0 Å². The predicted octanol–water partition coefficient (Wildman–Crippen LogP) is 6.53. The third-order valence-corrected chi connectivity index (χ3v) is 5.96. The number of nitro groups is 1. The number of anilines is 1. The van der Waals surface area contributed by atoms with E-state index in [4.69, 9.17) is 27.9 Å². The number of pyridine rings is 1. The van der Waals surface area contributed by atoms with E-state index in [1.807, 2.05) is 18.2 Å². The first kappa shape index (κ1) is 23.0. The van der Waals surface area contributed by atoms with Crippen LogP contribution in [0.25, 0.3) is 0 Å². The van der Waals surface area contributed by atoms with Gasteiger partial charge in [0, 0.05) is 27.9 Å². The van der Waals surface area contributed by atoms with Crippen molar-refractivity contribution in [1.82, 2.24) is 4.98 Å². The number of hydrogen-bond donors (Lipinski definition) is 1. The van der Waals surface area contributed by atoms with Crippen molar-refractivity contribution in [2.75, 3.05) is 5.43 Å². The van der Waals surface area contributed by atoms with Gasteiger partial charge >= 0.3 is 5.69 Å². The second-order valence-electron chi connectivity index (χ2n) is 5.84. The van der Waals surface area contributed by atoms with Crippen LogP contribution in [0.15, 0.2) is 53.8 Å². The summed E-state index contributed by atoms with van der Waals surface area (Å²) in [5.74, 6) is 0.802. The Hall–Kier alpha value is -1.70. The van der Waals surface area contributed by atoms with E-state index in [0.29, 0.717) is 16.7 Å². The normalized spacial score (nSPS) is 10.9. The van der Waals surface area contributed by atoms with Gasteiger partial charge < -0.3 is 4.74 Å². The number of aromatic nitrogens is 1. The Morgan fingerprint density at radius 3 is 2.60 bits per heavy atom. The molecule has 0 fully saturated rings. The zero-order valence-electron chi connectivity index (χ0n) is 15.0. The number of rotatable bonds is 7. The van der Waals surface area contributed by atoms with Crippen molar-refractivity contribution in [3.05, 3.63) is 87.1 Å². The van der Waals surface area contributed by atoms with Crippen LogP contribution in [0.5, 0.6) is 5.75 Å². The van der Waals surface area contributed by atoms with Crippen LogP contribution in [-0.4, -0.2) is 16.1 Å². The topological polar surface area (TPSA) is 89.7 Å². The van der Waals surface area contributed by atoms with E-state index in [1.165, 1.54) is 18.3 Å². The number of nitrogens with one attached hydrogen (secondary N) is 1. The first-order valence-electron chi connectivity index (χ1n) is 8.29. The highest BCUT2D eigenvalue weighted by Gasteiger charge is 2.13. The molecule has 3 rings (SSSR count). The van der Waals surface area contributed by atoms with Crippen LogP contribution < -0.4 is 10.2 Å². The lowest BCUT2D eigenvalue weighted by atomic mass is 10.2. The summed E-state index contributed by atoms with van der Waals surface area (Å²) in [7, 11) is 0. The van der Waals surface area contributed by atoms with Crippen LogP contribution in [0.4, 0.5) is 11.5 Å². The minimum Gasteiger partial charge on any atom is -0.487 e. The van der Waals surface area contributed by atoms with Gasteiger partial charge in [0.25, 0.3) is 0 Å². The minimum absolute atomic E-state index is 0.0722. The standard InChI is InChI=1S/C19H12Cl2I2N4O3/c20-13-4-3-12(14(21)8-13)10-30-18-15(22)6-11(7-16(18)23)9-25-26-19-17(27(28)29)2-1-5-24-19/h1-9H,10H2,(H,24,26)/b25-9-. The molecule has 7 nitrogen and oxygen atoms in total. The largest absolute Gasteiger partial charge is 0.487 e. The maximum absolute atomic E-state index is 11.0. The molecule has 0 amide bonds. The molecule has 30 heavy (non-hydrogen) atoms. The zero-order valence-corrected chi connectivity index (χ0v) is 20.8. The van der Waals surface area contributed by atoms with E-state index in [-0.39, 0.29) is 11.5 Å². The summed E-state index contributed by atoms with van der Waals surface area (Å²) in [6.07, 6.45) is 3.01. The second-order valence-corrected chi connectivity index (χ2v) is 9.00. The van der Waals surface area contributed by atoms with Crippen LogP contribution in [-0.2, 0) is 6.61 Å². The van der Waals surface area contributed by atoms with Crippen molar-refractivity contribution in [2.24, 2.45) is 5.10 Å². The Balaban J connectivity index is 1.71. The van der Waals surface area contributed by atoms with Crippen LogP contribution in [0.1, 0.15) is 11.1 Å². The molecule has 0 saturated heterocycles. The number of nitrogens with zero attached hydrogens (tertiary/aromatic N) is 3. The van der Waals surface area contributed by atoms with Gasteiger partial charge in [-0.1, -0.05) is 29.3 Å². The van der Waals surface area contributed by atoms with E-state index in [2.05, 4.69) is 60.7 Å². The molecular formula is C19H12Cl2I2N4O3. The van der Waals surface area contributed by atoms with Crippen molar-refractivity contribution in [3.8, 4) is 5.75 Å². The Morgan fingerprint density at radius 2 is 1.93 bits per heavy atom. The van der Waals surface area contributed by atoms with Crippen molar-refractivity contribution < 1.29 is 9.66 Å². The maximum Gasteiger partial charge on any atom is 0.313 e. The van der Waals surface area contributed by atoms with Gasteiger partial charge in [-0.3, -0.25) is 15.5 Å². The molecular weight excluding hydrogens is 657 g/mol. The van der Waals surface area contributed by atoms with E-state index >= 15 is 0 Å². The summed E-state index contributed by atoms with van der Waals surface area (Å²) in [5, 5.41) is 16.2. The molecule has 2 aromatic carbocycles. The average molecular weight is 669 g/mol. The van der Waals surface area contributed by atoms with Crippen molar-refractivity contribution >= 4 is 86.1 Å². The lowest BCUT2D eigenvalue weighted by Gasteiger charge is -2.12. The molecule has 1 N–H and O–H groups in total. The van der Waals surface area contributed by atoms with Gasteiger partial charge in [-0.2, -0.15) is 5.10 Å². The predicted molar refractivity (Wildman–Crippen MR) is 135 cm³/mol. The van der Waals surface area contributed by atoms with Crippen molar-refractivity contribution in [1.29, 1.82) is 0 Å². The molecule has 0 aliphatic heterocycles. The molecule has 0 bridgehead atoms. The Kier molecular flexibility index (Phi) is 8.08. The summed E-state index contributed by atoms with van der Waals surface area (Å²) < 4.78 is 7.73. The fraction of sp³-hybridized carbons (Fsp3) is 0.0526. The minimum atomic E-state index is -0.518. The maximum atomic E-state index is 11.0. The molecule has 3 aromatic rings. The first-order valence-corrected chi connectivity index (χ1v) is 11.2.